The molecular weight excluding hydrogens is 324 g/mol. The maximum Gasteiger partial charge on any atom is 0.325 e. The fraction of sp³-hybridized carbons (Fsp3) is 0.214. The van der Waals surface area contributed by atoms with Crippen LogP contribution in [-0.2, 0) is 11.2 Å². The first kappa shape index (κ1) is 16.3. The Bertz CT molecular complexity index is 674. The molecule has 1 aromatic heterocycles. The van der Waals surface area contributed by atoms with E-state index < -0.39 is 6.03 Å². The number of carbonyl (C=O) groups excluding carboxylic acids is 2. The molecule has 1 aromatic carbocycles. The molecule has 6 nitrogen and oxygen atoms in total. The van der Waals surface area contributed by atoms with Gasteiger partial charge in [-0.25, -0.2) is 9.78 Å². The van der Waals surface area contributed by atoms with E-state index >= 15 is 0 Å². The van der Waals surface area contributed by atoms with Crippen molar-refractivity contribution in [2.75, 3.05) is 17.2 Å². The van der Waals surface area contributed by atoms with E-state index in [0.717, 1.165) is 0 Å². The van der Waals surface area contributed by atoms with Crippen molar-refractivity contribution in [3.63, 3.8) is 0 Å². The van der Waals surface area contributed by atoms with E-state index in [1.165, 1.54) is 11.3 Å². The average Bonchev–Trinajstić information content (AvgIpc) is 2.85. The quantitative estimate of drug-likeness (QED) is 0.783. The molecule has 0 radical (unpaired) electrons. The molecule has 116 valence electrons. The summed E-state index contributed by atoms with van der Waals surface area (Å²) < 4.78 is 0. The molecule has 0 saturated heterocycles. The molecule has 2 aromatic rings. The summed E-state index contributed by atoms with van der Waals surface area (Å²) >= 11 is 7.11. The molecule has 3 amide bonds. The Kier molecular flexibility index (Phi) is 5.74. The molecule has 0 fully saturated rings. The number of nitrogens with zero attached hydrogens (tertiary/aromatic N) is 1. The van der Waals surface area contributed by atoms with Crippen LogP contribution in [0.15, 0.2) is 29.6 Å². The zero-order valence-electron chi connectivity index (χ0n) is 11.9. The second kappa shape index (κ2) is 7.77. The largest absolute Gasteiger partial charge is 0.356 e. The number of anilines is 2. The number of halogens is 1. The Labute approximate surface area is 136 Å². The predicted octanol–water partition coefficient (Wildman–Crippen LogP) is 3.12. The summed E-state index contributed by atoms with van der Waals surface area (Å²) in [5, 5.41) is 10.7. The molecular formula is C14H15ClN4O2S. The van der Waals surface area contributed by atoms with Gasteiger partial charge in [-0.15, -0.1) is 11.3 Å². The van der Waals surface area contributed by atoms with Crippen molar-refractivity contribution in [2.45, 2.75) is 13.3 Å². The zero-order chi connectivity index (χ0) is 15.9. The number of rotatable bonds is 5. The van der Waals surface area contributed by atoms with Gasteiger partial charge in [0.15, 0.2) is 5.13 Å². The number of carbonyl (C=O) groups is 2. The first-order valence-corrected chi connectivity index (χ1v) is 7.87. The molecule has 3 N–H and O–H groups in total. The average molecular weight is 339 g/mol. The predicted molar refractivity (Wildman–Crippen MR) is 88.6 cm³/mol. The van der Waals surface area contributed by atoms with E-state index in [1.54, 1.807) is 29.6 Å². The summed E-state index contributed by atoms with van der Waals surface area (Å²) in [6, 6.07) is 6.42. The lowest BCUT2D eigenvalue weighted by Gasteiger charge is -2.05. The van der Waals surface area contributed by atoms with Gasteiger partial charge in [0.25, 0.3) is 0 Å². The van der Waals surface area contributed by atoms with Crippen LogP contribution in [0, 0.1) is 0 Å². The second-order valence-corrected chi connectivity index (χ2v) is 5.66. The van der Waals surface area contributed by atoms with Crippen molar-refractivity contribution < 1.29 is 9.59 Å². The molecule has 22 heavy (non-hydrogen) atoms. The lowest BCUT2D eigenvalue weighted by atomic mass is 10.3. The van der Waals surface area contributed by atoms with Crippen molar-refractivity contribution in [2.24, 2.45) is 0 Å². The highest BCUT2D eigenvalue weighted by molar-refractivity contribution is 7.14. The number of hydrogen-bond acceptors (Lipinski definition) is 4. The Morgan fingerprint density at radius 3 is 2.86 bits per heavy atom. The van der Waals surface area contributed by atoms with Crippen LogP contribution >= 0.6 is 22.9 Å². The van der Waals surface area contributed by atoms with Crippen LogP contribution < -0.4 is 16.0 Å². The number of aromatic nitrogens is 1. The SMILES string of the molecule is CCNC(=O)Cc1csc(NC(=O)Nc2cccc(Cl)c2)n1. The van der Waals surface area contributed by atoms with E-state index in [2.05, 4.69) is 20.9 Å². The van der Waals surface area contributed by atoms with E-state index in [9.17, 15) is 9.59 Å². The zero-order valence-corrected chi connectivity index (χ0v) is 13.4. The first-order valence-electron chi connectivity index (χ1n) is 6.61. The fourth-order valence-corrected chi connectivity index (χ4v) is 2.59. The van der Waals surface area contributed by atoms with Gasteiger partial charge in [-0.2, -0.15) is 0 Å². The molecule has 0 saturated carbocycles. The highest BCUT2D eigenvalue weighted by Gasteiger charge is 2.09. The van der Waals surface area contributed by atoms with Crippen LogP contribution in [0.2, 0.25) is 5.02 Å². The fourth-order valence-electron chi connectivity index (χ4n) is 1.70. The van der Waals surface area contributed by atoms with Gasteiger partial charge in [-0.1, -0.05) is 17.7 Å². The van der Waals surface area contributed by atoms with Crippen LogP contribution in [0.4, 0.5) is 15.6 Å². The van der Waals surface area contributed by atoms with Gasteiger partial charge in [0, 0.05) is 22.6 Å². The number of urea groups is 1. The third-order valence-corrected chi connectivity index (χ3v) is 3.61. The maximum absolute atomic E-state index is 11.8. The molecule has 0 atom stereocenters. The number of nitrogens with one attached hydrogen (secondary N) is 3. The minimum Gasteiger partial charge on any atom is -0.356 e. The Balaban J connectivity index is 1.89. The molecule has 8 heteroatoms. The molecule has 1 heterocycles. The van der Waals surface area contributed by atoms with Gasteiger partial charge >= 0.3 is 6.03 Å². The summed E-state index contributed by atoms with van der Waals surface area (Å²) in [7, 11) is 0. The van der Waals surface area contributed by atoms with Gasteiger partial charge in [-0.3, -0.25) is 10.1 Å². The third kappa shape index (κ3) is 5.01. The minimum atomic E-state index is -0.416. The molecule has 0 unspecified atom stereocenters. The van der Waals surface area contributed by atoms with Crippen LogP contribution in [0.1, 0.15) is 12.6 Å². The van der Waals surface area contributed by atoms with Crippen LogP contribution in [0.3, 0.4) is 0 Å². The van der Waals surface area contributed by atoms with Crippen molar-refractivity contribution in [1.29, 1.82) is 0 Å². The molecule has 0 spiro atoms. The van der Waals surface area contributed by atoms with Gasteiger partial charge < -0.3 is 10.6 Å². The summed E-state index contributed by atoms with van der Waals surface area (Å²) in [6.45, 7) is 2.43. The maximum atomic E-state index is 11.8. The van der Waals surface area contributed by atoms with E-state index in [-0.39, 0.29) is 12.3 Å². The van der Waals surface area contributed by atoms with Gasteiger partial charge in [0.05, 0.1) is 12.1 Å². The summed E-state index contributed by atoms with van der Waals surface area (Å²) in [6.07, 6.45) is 0.196. The highest BCUT2D eigenvalue weighted by Crippen LogP contribution is 2.18. The molecule has 0 aliphatic rings. The number of thiazole rings is 1. The smallest absolute Gasteiger partial charge is 0.325 e. The van der Waals surface area contributed by atoms with E-state index in [4.69, 9.17) is 11.6 Å². The highest BCUT2D eigenvalue weighted by atomic mass is 35.5. The molecule has 2 rings (SSSR count). The Morgan fingerprint density at radius 2 is 2.14 bits per heavy atom. The van der Waals surface area contributed by atoms with Gasteiger partial charge in [0.1, 0.15) is 0 Å². The van der Waals surface area contributed by atoms with Crippen LogP contribution in [0.25, 0.3) is 0 Å². The van der Waals surface area contributed by atoms with Gasteiger partial charge in [-0.05, 0) is 25.1 Å². The number of likely N-dealkylation sites (N-methyl/N-ethyl adjacent to an activating group) is 1. The molecule has 0 bridgehead atoms. The lowest BCUT2D eigenvalue weighted by Crippen LogP contribution is -2.24. The summed E-state index contributed by atoms with van der Waals surface area (Å²) in [4.78, 5) is 27.5. The number of benzene rings is 1. The topological polar surface area (TPSA) is 83.1 Å². The summed E-state index contributed by atoms with van der Waals surface area (Å²) in [5.74, 6) is -0.0947. The lowest BCUT2D eigenvalue weighted by molar-refractivity contribution is -0.120. The monoisotopic (exact) mass is 338 g/mol. The molecule has 0 aliphatic heterocycles. The second-order valence-electron chi connectivity index (χ2n) is 4.36. The normalized spacial score (nSPS) is 10.1. The van der Waals surface area contributed by atoms with E-state index in [0.29, 0.717) is 28.1 Å². The van der Waals surface area contributed by atoms with Crippen molar-refractivity contribution in [3.8, 4) is 0 Å². The van der Waals surface area contributed by atoms with Crippen molar-refractivity contribution in [1.82, 2.24) is 10.3 Å². The van der Waals surface area contributed by atoms with E-state index in [1.807, 2.05) is 6.92 Å². The van der Waals surface area contributed by atoms with Gasteiger partial charge in [0.2, 0.25) is 5.91 Å². The number of hydrogen-bond donors (Lipinski definition) is 3. The molecule has 0 aliphatic carbocycles. The Morgan fingerprint density at radius 1 is 1.32 bits per heavy atom. The third-order valence-electron chi connectivity index (χ3n) is 2.57. The van der Waals surface area contributed by atoms with Crippen LogP contribution in [0.5, 0.6) is 0 Å². The summed E-state index contributed by atoms with van der Waals surface area (Å²) in [5.41, 5.74) is 1.21. The Hall–Kier alpha value is -2.12. The number of amides is 3. The van der Waals surface area contributed by atoms with Crippen molar-refractivity contribution >= 4 is 45.7 Å². The van der Waals surface area contributed by atoms with Crippen molar-refractivity contribution in [3.05, 3.63) is 40.4 Å². The minimum absolute atomic E-state index is 0.0947. The van der Waals surface area contributed by atoms with Crippen LogP contribution in [-0.4, -0.2) is 23.5 Å². The first-order chi connectivity index (χ1) is 10.6. The standard InChI is InChI=1S/C14H15ClN4O2S/c1-2-16-12(20)7-11-8-22-14(18-11)19-13(21)17-10-5-3-4-9(15)6-10/h3-6,8H,2,7H2,1H3,(H,16,20)(H2,17,18,19,21).